The third-order valence-corrected chi connectivity index (χ3v) is 8.40. The lowest BCUT2D eigenvalue weighted by Gasteiger charge is -2.57. The molecule has 4 rings (SSSR count). The van der Waals surface area contributed by atoms with Gasteiger partial charge in [-0.05, 0) is 73.5 Å². The molecule has 0 amide bonds. The fourth-order valence-corrected chi connectivity index (χ4v) is 7.35. The molecule has 0 saturated heterocycles. The van der Waals surface area contributed by atoms with Gasteiger partial charge in [-0.3, -0.25) is 4.79 Å². The van der Waals surface area contributed by atoms with E-state index in [1.54, 1.807) is 5.57 Å². The number of fused-ring (bicyclic) bond motifs is 5. The largest absolute Gasteiger partial charge is 0.299 e. The fraction of sp³-hybridized carbons (Fsp3) is 0.857. The first-order chi connectivity index (χ1) is 10.5. The molecule has 0 radical (unpaired) electrons. The minimum Gasteiger partial charge on any atom is -0.299 e. The maximum atomic E-state index is 13.3. The second-order valence-corrected chi connectivity index (χ2v) is 9.16. The molecule has 6 atom stereocenters. The summed E-state index contributed by atoms with van der Waals surface area (Å²) in [5.41, 5.74) is 2.17. The van der Waals surface area contributed by atoms with Crippen molar-refractivity contribution < 1.29 is 4.79 Å². The predicted molar refractivity (Wildman–Crippen MR) is 90.5 cm³/mol. The van der Waals surface area contributed by atoms with Crippen LogP contribution in [0.4, 0.5) is 0 Å². The lowest BCUT2D eigenvalue weighted by molar-refractivity contribution is -0.145. The minimum atomic E-state index is 0.212. The highest BCUT2D eigenvalue weighted by Gasteiger charge is 2.61. The molecule has 0 bridgehead atoms. The Kier molecular flexibility index (Phi) is 3.37. The molecule has 0 spiro atoms. The Morgan fingerprint density at radius 1 is 1.23 bits per heavy atom. The quantitative estimate of drug-likeness (QED) is 0.581. The van der Waals surface area contributed by atoms with Gasteiger partial charge in [0.25, 0.3) is 0 Å². The molecule has 0 aromatic carbocycles. The van der Waals surface area contributed by atoms with Crippen LogP contribution in [0.2, 0.25) is 0 Å². The van der Waals surface area contributed by atoms with Crippen LogP contribution in [0.5, 0.6) is 0 Å². The van der Waals surface area contributed by atoms with Crippen LogP contribution in [0.1, 0.15) is 78.6 Å². The first-order valence-corrected chi connectivity index (χ1v) is 9.73. The summed E-state index contributed by atoms with van der Waals surface area (Å²) in [4.78, 5) is 13.3. The molecule has 3 fully saturated rings. The van der Waals surface area contributed by atoms with Crippen LogP contribution in [0.3, 0.4) is 0 Å². The van der Waals surface area contributed by atoms with Gasteiger partial charge in [0, 0.05) is 12.3 Å². The Morgan fingerprint density at radius 3 is 2.82 bits per heavy atom. The molecule has 1 heteroatoms. The molecular weight excluding hydrogens is 268 g/mol. The van der Waals surface area contributed by atoms with Crippen molar-refractivity contribution in [1.29, 1.82) is 0 Å². The van der Waals surface area contributed by atoms with Gasteiger partial charge in [-0.15, -0.1) is 0 Å². The molecule has 22 heavy (non-hydrogen) atoms. The number of hydrogen-bond acceptors (Lipinski definition) is 1. The van der Waals surface area contributed by atoms with Crippen LogP contribution in [0.15, 0.2) is 11.6 Å². The van der Waals surface area contributed by atoms with E-state index in [0.717, 1.165) is 18.3 Å². The molecule has 3 saturated carbocycles. The molecule has 0 aliphatic heterocycles. The summed E-state index contributed by atoms with van der Waals surface area (Å²) >= 11 is 0. The van der Waals surface area contributed by atoms with Crippen LogP contribution in [0, 0.1) is 34.5 Å². The van der Waals surface area contributed by atoms with E-state index >= 15 is 0 Å². The van der Waals surface area contributed by atoms with E-state index in [-0.39, 0.29) is 5.41 Å². The summed E-state index contributed by atoms with van der Waals surface area (Å²) in [5.74, 6) is 3.27. The number of rotatable bonds is 1. The molecule has 4 aliphatic carbocycles. The maximum absolute atomic E-state index is 13.3. The number of allylic oxidation sites excluding steroid dienone is 2. The van der Waals surface area contributed by atoms with Crippen molar-refractivity contribution in [1.82, 2.24) is 0 Å². The Balaban J connectivity index is 1.73. The first-order valence-electron chi connectivity index (χ1n) is 9.73. The average Bonchev–Trinajstić information content (AvgIpc) is 2.82. The average molecular weight is 300 g/mol. The maximum Gasteiger partial charge on any atom is 0.137 e. The standard InChI is InChI=1S/C21H32O/c1-4-14-9-11-17-16-10-8-15-7-5-6-12-20(15,2)19(16)18(22)13-21(14,17)3/h7,14,16-17,19H,4-6,8-13H2,1-3H3/t14-,16-,17-,19+,20-,21+/m0/s1. The Bertz CT molecular complexity index is 518. The Labute approximate surface area is 135 Å². The molecule has 0 N–H and O–H groups in total. The molecule has 0 heterocycles. The van der Waals surface area contributed by atoms with Crippen molar-refractivity contribution in [3.8, 4) is 0 Å². The highest BCUT2D eigenvalue weighted by molar-refractivity contribution is 5.85. The van der Waals surface area contributed by atoms with E-state index < -0.39 is 0 Å². The number of carbonyl (C=O) groups excluding carboxylic acids is 1. The lowest BCUT2D eigenvalue weighted by atomic mass is 9.46. The van der Waals surface area contributed by atoms with Gasteiger partial charge in [0.05, 0.1) is 0 Å². The van der Waals surface area contributed by atoms with Crippen molar-refractivity contribution in [2.75, 3.05) is 0 Å². The van der Waals surface area contributed by atoms with Crippen LogP contribution >= 0.6 is 0 Å². The van der Waals surface area contributed by atoms with Gasteiger partial charge in [0.1, 0.15) is 5.78 Å². The number of carbonyl (C=O) groups is 1. The van der Waals surface area contributed by atoms with Gasteiger partial charge in [-0.25, -0.2) is 0 Å². The summed E-state index contributed by atoms with van der Waals surface area (Å²) in [6.07, 6.45) is 13.7. The topological polar surface area (TPSA) is 17.1 Å². The molecule has 4 aliphatic rings. The summed E-state index contributed by atoms with van der Waals surface area (Å²) in [6, 6.07) is 0. The smallest absolute Gasteiger partial charge is 0.137 e. The van der Waals surface area contributed by atoms with Gasteiger partial charge in [0.15, 0.2) is 0 Å². The summed E-state index contributed by atoms with van der Waals surface area (Å²) in [6.45, 7) is 7.22. The van der Waals surface area contributed by atoms with Gasteiger partial charge >= 0.3 is 0 Å². The molecule has 122 valence electrons. The number of ketones is 1. The van der Waals surface area contributed by atoms with Gasteiger partial charge in [-0.2, -0.15) is 0 Å². The highest BCUT2D eigenvalue weighted by atomic mass is 16.1. The summed E-state index contributed by atoms with van der Waals surface area (Å²) in [5, 5.41) is 0. The first kappa shape index (κ1) is 15.0. The van der Waals surface area contributed by atoms with E-state index in [9.17, 15) is 4.79 Å². The molecule has 1 nitrogen and oxygen atoms in total. The van der Waals surface area contributed by atoms with Crippen LogP contribution < -0.4 is 0 Å². The van der Waals surface area contributed by atoms with Crippen molar-refractivity contribution in [3.05, 3.63) is 11.6 Å². The third-order valence-electron chi connectivity index (χ3n) is 8.40. The Hall–Kier alpha value is -0.590. The van der Waals surface area contributed by atoms with Crippen molar-refractivity contribution in [2.24, 2.45) is 34.5 Å². The summed E-state index contributed by atoms with van der Waals surface area (Å²) < 4.78 is 0. The van der Waals surface area contributed by atoms with Gasteiger partial charge < -0.3 is 0 Å². The second-order valence-electron chi connectivity index (χ2n) is 9.16. The van der Waals surface area contributed by atoms with Crippen molar-refractivity contribution in [2.45, 2.75) is 78.6 Å². The normalized spacial score (nSPS) is 50.9. The zero-order valence-electron chi connectivity index (χ0n) is 14.7. The van der Waals surface area contributed by atoms with E-state index in [2.05, 4.69) is 26.8 Å². The Morgan fingerprint density at radius 2 is 2.05 bits per heavy atom. The zero-order chi connectivity index (χ0) is 15.5. The fourth-order valence-electron chi connectivity index (χ4n) is 7.35. The third kappa shape index (κ3) is 1.80. The SMILES string of the molecule is CC[C@H]1CC[C@H]2[C@@H]3CCC4=CCCC[C@]4(C)[C@H]3C(=O)C[C@]12C. The van der Waals surface area contributed by atoms with E-state index in [1.165, 1.54) is 51.4 Å². The summed E-state index contributed by atoms with van der Waals surface area (Å²) in [7, 11) is 0. The van der Waals surface area contributed by atoms with Crippen molar-refractivity contribution in [3.63, 3.8) is 0 Å². The monoisotopic (exact) mass is 300 g/mol. The lowest BCUT2D eigenvalue weighted by Crippen LogP contribution is -2.54. The van der Waals surface area contributed by atoms with Crippen LogP contribution in [0.25, 0.3) is 0 Å². The minimum absolute atomic E-state index is 0.212. The number of Topliss-reactive ketones (excluding diaryl/α,β-unsaturated/α-hetero) is 1. The van der Waals surface area contributed by atoms with Crippen molar-refractivity contribution >= 4 is 5.78 Å². The van der Waals surface area contributed by atoms with Gasteiger partial charge in [-0.1, -0.05) is 38.8 Å². The van der Waals surface area contributed by atoms with Crippen LogP contribution in [-0.4, -0.2) is 5.78 Å². The zero-order valence-corrected chi connectivity index (χ0v) is 14.7. The molecule has 0 unspecified atom stereocenters. The number of hydrogen-bond donors (Lipinski definition) is 0. The second kappa shape index (κ2) is 4.95. The van der Waals surface area contributed by atoms with Crippen LogP contribution in [-0.2, 0) is 4.79 Å². The molecule has 0 aromatic rings. The van der Waals surface area contributed by atoms with E-state index in [1.807, 2.05) is 0 Å². The molecule has 0 aromatic heterocycles. The van der Waals surface area contributed by atoms with E-state index in [4.69, 9.17) is 0 Å². The molecular formula is C21H32O. The van der Waals surface area contributed by atoms with Gasteiger partial charge in [0.2, 0.25) is 0 Å². The predicted octanol–water partition coefficient (Wildman–Crippen LogP) is 5.54. The van der Waals surface area contributed by atoms with E-state index in [0.29, 0.717) is 23.0 Å². The highest BCUT2D eigenvalue weighted by Crippen LogP contribution is 2.66.